The van der Waals surface area contributed by atoms with E-state index in [0.717, 1.165) is 28.0 Å². The maximum atomic E-state index is 4.21. The van der Waals surface area contributed by atoms with Gasteiger partial charge in [0.15, 0.2) is 5.82 Å². The monoisotopic (exact) mass is 239 g/mol. The van der Waals surface area contributed by atoms with Crippen molar-refractivity contribution >= 4 is 22.3 Å². The van der Waals surface area contributed by atoms with Crippen molar-refractivity contribution in [1.29, 1.82) is 0 Å². The van der Waals surface area contributed by atoms with E-state index in [2.05, 4.69) is 20.6 Å². The molecule has 0 amide bonds. The number of hydrogen-bond donors (Lipinski definition) is 1. The van der Waals surface area contributed by atoms with Gasteiger partial charge in [-0.2, -0.15) is 10.2 Å². The molecule has 0 unspecified atom stereocenters. The third kappa shape index (κ3) is 1.79. The lowest BCUT2D eigenvalue weighted by molar-refractivity contribution is 0.768. The zero-order chi connectivity index (χ0) is 12.5. The third-order valence-corrected chi connectivity index (χ3v) is 2.84. The van der Waals surface area contributed by atoms with Gasteiger partial charge in [0.25, 0.3) is 0 Å². The topological polar surface area (TPSA) is 55.6 Å². The summed E-state index contributed by atoms with van der Waals surface area (Å²) in [4.78, 5) is 0. The molecule has 0 aliphatic heterocycles. The molecule has 0 aliphatic rings. The maximum absolute atomic E-state index is 4.21. The number of hydrogen-bond acceptors (Lipinski definition) is 4. The predicted octanol–water partition coefficient (Wildman–Crippen LogP) is 2.42. The van der Waals surface area contributed by atoms with E-state index < -0.39 is 0 Å². The van der Waals surface area contributed by atoms with Crippen LogP contribution in [0.1, 0.15) is 5.69 Å². The number of nitrogens with one attached hydrogen (secondary N) is 1. The van der Waals surface area contributed by atoms with Crippen LogP contribution in [0, 0.1) is 6.92 Å². The SMILES string of the molecule is Cc1nnc(Nc2cnn(C)c2)c2ccccc12. The molecular weight excluding hydrogens is 226 g/mol. The molecule has 90 valence electrons. The average molecular weight is 239 g/mol. The fourth-order valence-electron chi connectivity index (χ4n) is 1.95. The van der Waals surface area contributed by atoms with Crippen molar-refractivity contribution in [3.8, 4) is 0 Å². The second kappa shape index (κ2) is 4.10. The summed E-state index contributed by atoms with van der Waals surface area (Å²) in [6, 6.07) is 8.09. The van der Waals surface area contributed by atoms with Gasteiger partial charge in [0.2, 0.25) is 0 Å². The Hall–Kier alpha value is -2.43. The van der Waals surface area contributed by atoms with E-state index in [1.54, 1.807) is 10.9 Å². The summed E-state index contributed by atoms with van der Waals surface area (Å²) >= 11 is 0. The van der Waals surface area contributed by atoms with E-state index in [1.165, 1.54) is 0 Å². The quantitative estimate of drug-likeness (QED) is 0.746. The van der Waals surface area contributed by atoms with Crippen LogP contribution in [0.15, 0.2) is 36.7 Å². The van der Waals surface area contributed by atoms with E-state index in [9.17, 15) is 0 Å². The smallest absolute Gasteiger partial charge is 0.161 e. The van der Waals surface area contributed by atoms with Crippen LogP contribution in [-0.4, -0.2) is 20.0 Å². The van der Waals surface area contributed by atoms with Gasteiger partial charge in [0.1, 0.15) is 0 Å². The molecule has 0 saturated carbocycles. The van der Waals surface area contributed by atoms with Gasteiger partial charge < -0.3 is 5.32 Å². The first-order valence-electron chi connectivity index (χ1n) is 5.72. The Balaban J connectivity index is 2.09. The lowest BCUT2D eigenvalue weighted by Gasteiger charge is -2.07. The highest BCUT2D eigenvalue weighted by atomic mass is 15.3. The van der Waals surface area contributed by atoms with Crippen LogP contribution in [0.3, 0.4) is 0 Å². The Morgan fingerprint density at radius 2 is 1.89 bits per heavy atom. The summed E-state index contributed by atoms with van der Waals surface area (Å²) in [7, 11) is 1.88. The molecule has 0 bridgehead atoms. The zero-order valence-electron chi connectivity index (χ0n) is 10.3. The van der Waals surface area contributed by atoms with Crippen LogP contribution in [0.25, 0.3) is 10.8 Å². The minimum atomic E-state index is 0.754. The summed E-state index contributed by atoms with van der Waals surface area (Å²) in [5, 5.41) is 17.9. The Morgan fingerprint density at radius 1 is 1.11 bits per heavy atom. The van der Waals surface area contributed by atoms with E-state index in [4.69, 9.17) is 0 Å². The number of aryl methyl sites for hydroxylation is 2. The van der Waals surface area contributed by atoms with Gasteiger partial charge in [-0.1, -0.05) is 24.3 Å². The third-order valence-electron chi connectivity index (χ3n) is 2.84. The number of rotatable bonds is 2. The van der Waals surface area contributed by atoms with E-state index >= 15 is 0 Å². The molecule has 0 spiro atoms. The molecule has 2 heterocycles. The molecule has 5 heteroatoms. The van der Waals surface area contributed by atoms with Crippen LogP contribution >= 0.6 is 0 Å². The fourth-order valence-corrected chi connectivity index (χ4v) is 1.95. The number of nitrogens with zero attached hydrogens (tertiary/aromatic N) is 4. The molecule has 0 fully saturated rings. The van der Waals surface area contributed by atoms with Crippen LogP contribution in [-0.2, 0) is 7.05 Å². The Kier molecular flexibility index (Phi) is 2.44. The standard InChI is InChI=1S/C13H13N5/c1-9-11-5-3-4-6-12(11)13(17-16-9)15-10-7-14-18(2)8-10/h3-8H,1-2H3,(H,15,17). The van der Waals surface area contributed by atoms with Crippen LogP contribution in [0.5, 0.6) is 0 Å². The Bertz CT molecular complexity index is 701. The van der Waals surface area contributed by atoms with Gasteiger partial charge in [-0.25, -0.2) is 0 Å². The van der Waals surface area contributed by atoms with Crippen molar-refractivity contribution in [2.45, 2.75) is 6.92 Å². The minimum absolute atomic E-state index is 0.754. The first-order chi connectivity index (χ1) is 8.74. The molecule has 18 heavy (non-hydrogen) atoms. The van der Waals surface area contributed by atoms with Crippen molar-refractivity contribution < 1.29 is 0 Å². The average Bonchev–Trinajstić information content (AvgIpc) is 2.79. The van der Waals surface area contributed by atoms with Crippen molar-refractivity contribution in [1.82, 2.24) is 20.0 Å². The van der Waals surface area contributed by atoms with Crippen molar-refractivity contribution in [3.63, 3.8) is 0 Å². The summed E-state index contributed by atoms with van der Waals surface area (Å²) in [5.41, 5.74) is 1.84. The minimum Gasteiger partial charge on any atom is -0.336 e. The lowest BCUT2D eigenvalue weighted by Crippen LogP contribution is -1.98. The van der Waals surface area contributed by atoms with Crippen molar-refractivity contribution in [3.05, 3.63) is 42.4 Å². The van der Waals surface area contributed by atoms with E-state index in [1.807, 2.05) is 44.4 Å². The Morgan fingerprint density at radius 3 is 2.61 bits per heavy atom. The highest BCUT2D eigenvalue weighted by Gasteiger charge is 2.06. The molecule has 3 rings (SSSR count). The molecule has 0 atom stereocenters. The summed E-state index contributed by atoms with van der Waals surface area (Å²) < 4.78 is 1.74. The largest absolute Gasteiger partial charge is 0.336 e. The normalized spacial score (nSPS) is 10.8. The Labute approximate surface area is 104 Å². The molecule has 1 aromatic carbocycles. The summed E-state index contributed by atoms with van der Waals surface area (Å²) in [5.74, 6) is 0.754. The van der Waals surface area contributed by atoms with Crippen LogP contribution < -0.4 is 5.32 Å². The molecule has 0 saturated heterocycles. The number of fused-ring (bicyclic) bond motifs is 1. The van der Waals surface area contributed by atoms with Gasteiger partial charge in [-0.3, -0.25) is 4.68 Å². The van der Waals surface area contributed by atoms with Crippen LogP contribution in [0.4, 0.5) is 11.5 Å². The zero-order valence-corrected chi connectivity index (χ0v) is 10.3. The molecule has 0 aliphatic carbocycles. The van der Waals surface area contributed by atoms with E-state index in [-0.39, 0.29) is 0 Å². The van der Waals surface area contributed by atoms with E-state index in [0.29, 0.717) is 0 Å². The number of aromatic nitrogens is 4. The van der Waals surface area contributed by atoms with Crippen molar-refractivity contribution in [2.75, 3.05) is 5.32 Å². The van der Waals surface area contributed by atoms with Gasteiger partial charge in [0, 0.05) is 24.0 Å². The lowest BCUT2D eigenvalue weighted by atomic mass is 10.1. The molecular formula is C13H13N5. The second-order valence-electron chi connectivity index (χ2n) is 4.21. The van der Waals surface area contributed by atoms with Gasteiger partial charge >= 0.3 is 0 Å². The molecule has 3 aromatic rings. The van der Waals surface area contributed by atoms with Gasteiger partial charge in [0.05, 0.1) is 17.6 Å². The van der Waals surface area contributed by atoms with Crippen molar-refractivity contribution in [2.24, 2.45) is 7.05 Å². The first-order valence-corrected chi connectivity index (χ1v) is 5.72. The highest BCUT2D eigenvalue weighted by Crippen LogP contribution is 2.24. The van der Waals surface area contributed by atoms with Gasteiger partial charge in [-0.15, -0.1) is 5.10 Å². The maximum Gasteiger partial charge on any atom is 0.161 e. The summed E-state index contributed by atoms with van der Waals surface area (Å²) in [6.45, 7) is 1.96. The summed E-state index contributed by atoms with van der Waals surface area (Å²) in [6.07, 6.45) is 3.66. The molecule has 2 aromatic heterocycles. The predicted molar refractivity (Wildman–Crippen MR) is 70.8 cm³/mol. The molecule has 1 N–H and O–H groups in total. The second-order valence-corrected chi connectivity index (χ2v) is 4.21. The first kappa shape index (κ1) is 10.7. The molecule has 5 nitrogen and oxygen atoms in total. The fraction of sp³-hybridized carbons (Fsp3) is 0.154. The number of anilines is 2. The highest BCUT2D eigenvalue weighted by molar-refractivity contribution is 5.94. The van der Waals surface area contributed by atoms with Gasteiger partial charge in [-0.05, 0) is 6.92 Å². The number of benzene rings is 1. The van der Waals surface area contributed by atoms with Crippen LogP contribution in [0.2, 0.25) is 0 Å². The molecule has 0 radical (unpaired) electrons.